The van der Waals surface area contributed by atoms with E-state index in [4.69, 9.17) is 0 Å². The molecular formula is C19H18O. The molecule has 20 heavy (non-hydrogen) atoms. The van der Waals surface area contributed by atoms with Crippen LogP contribution in [0.4, 0.5) is 0 Å². The maximum atomic E-state index is 10.3. The van der Waals surface area contributed by atoms with Crippen LogP contribution in [0, 0.1) is 6.92 Å². The zero-order valence-electron chi connectivity index (χ0n) is 11.6. The third-order valence-corrected chi connectivity index (χ3v) is 3.24. The predicted octanol–water partition coefficient (Wildman–Crippen LogP) is 5.12. The second-order valence-electron chi connectivity index (χ2n) is 4.62. The summed E-state index contributed by atoms with van der Waals surface area (Å²) >= 11 is 0. The van der Waals surface area contributed by atoms with Crippen LogP contribution >= 0.6 is 0 Å². The Hall–Kier alpha value is -2.54. The molecule has 0 spiro atoms. The highest BCUT2D eigenvalue weighted by Gasteiger charge is 2.10. The van der Waals surface area contributed by atoms with Gasteiger partial charge in [-0.3, -0.25) is 0 Å². The number of aromatic hydroxyl groups is 1. The molecule has 0 bridgehead atoms. The molecule has 0 amide bonds. The van der Waals surface area contributed by atoms with Crippen molar-refractivity contribution in [2.45, 2.75) is 6.92 Å². The largest absolute Gasteiger partial charge is 0.507 e. The van der Waals surface area contributed by atoms with Gasteiger partial charge in [0.15, 0.2) is 0 Å². The summed E-state index contributed by atoms with van der Waals surface area (Å²) in [6, 6.07) is 14.1. The van der Waals surface area contributed by atoms with Crippen LogP contribution in [0.2, 0.25) is 0 Å². The van der Waals surface area contributed by atoms with Crippen molar-refractivity contribution in [1.82, 2.24) is 0 Å². The summed E-state index contributed by atoms with van der Waals surface area (Å²) in [6.45, 7) is 9.41. The van der Waals surface area contributed by atoms with Crippen molar-refractivity contribution < 1.29 is 5.11 Å². The molecule has 2 aromatic rings. The van der Waals surface area contributed by atoms with Crippen LogP contribution in [-0.2, 0) is 0 Å². The lowest BCUT2D eigenvalue weighted by Gasteiger charge is -2.12. The summed E-state index contributed by atoms with van der Waals surface area (Å²) < 4.78 is 0. The minimum absolute atomic E-state index is 0.290. The first-order chi connectivity index (χ1) is 9.67. The highest BCUT2D eigenvalue weighted by molar-refractivity contribution is 5.82. The molecule has 0 atom stereocenters. The van der Waals surface area contributed by atoms with E-state index in [9.17, 15) is 5.11 Å². The average molecular weight is 262 g/mol. The Balaban J connectivity index is 2.64. The molecular weight excluding hydrogens is 244 g/mol. The Bertz CT molecular complexity index is 664. The van der Waals surface area contributed by atoms with E-state index in [1.165, 1.54) is 0 Å². The molecule has 0 aromatic heterocycles. The second kappa shape index (κ2) is 6.07. The van der Waals surface area contributed by atoms with Crippen molar-refractivity contribution in [3.63, 3.8) is 0 Å². The Labute approximate surface area is 120 Å². The van der Waals surface area contributed by atoms with Gasteiger partial charge in [-0.1, -0.05) is 61.7 Å². The molecule has 0 radical (unpaired) electrons. The van der Waals surface area contributed by atoms with Crippen LogP contribution in [0.5, 0.6) is 5.75 Å². The summed E-state index contributed by atoms with van der Waals surface area (Å²) in [7, 11) is 0. The quantitative estimate of drug-likeness (QED) is 0.758. The third-order valence-electron chi connectivity index (χ3n) is 3.24. The molecule has 0 aliphatic carbocycles. The van der Waals surface area contributed by atoms with Crippen LogP contribution in [0.25, 0.3) is 16.7 Å². The second-order valence-corrected chi connectivity index (χ2v) is 4.62. The topological polar surface area (TPSA) is 20.2 Å². The number of rotatable bonds is 4. The smallest absolute Gasteiger partial charge is 0.126 e. The zero-order chi connectivity index (χ0) is 14.5. The van der Waals surface area contributed by atoms with E-state index in [-0.39, 0.29) is 5.75 Å². The molecule has 0 aliphatic rings. The van der Waals surface area contributed by atoms with Gasteiger partial charge in [0.1, 0.15) is 5.75 Å². The van der Waals surface area contributed by atoms with Gasteiger partial charge >= 0.3 is 0 Å². The van der Waals surface area contributed by atoms with Crippen LogP contribution in [0.3, 0.4) is 0 Å². The molecule has 0 aliphatic heterocycles. The summed E-state index contributed by atoms with van der Waals surface area (Å²) in [5.74, 6) is 0.290. The molecule has 0 heterocycles. The minimum Gasteiger partial charge on any atom is -0.507 e. The number of hydrogen-bond acceptors (Lipinski definition) is 1. The van der Waals surface area contributed by atoms with E-state index in [1.807, 2.05) is 43.3 Å². The molecule has 1 nitrogen and oxygen atoms in total. The van der Waals surface area contributed by atoms with Gasteiger partial charge in [-0.25, -0.2) is 0 Å². The number of phenols is 1. The molecule has 1 heteroatoms. The number of phenolic OH excluding ortho intramolecular Hbond substituents is 1. The van der Waals surface area contributed by atoms with Gasteiger partial charge in [-0.05, 0) is 41.3 Å². The number of allylic oxidation sites excluding steroid dienone is 4. The normalized spacial score (nSPS) is 11.2. The highest BCUT2D eigenvalue weighted by Crippen LogP contribution is 2.34. The van der Waals surface area contributed by atoms with Gasteiger partial charge in [0.2, 0.25) is 0 Å². The van der Waals surface area contributed by atoms with Crippen molar-refractivity contribution >= 4 is 5.57 Å². The van der Waals surface area contributed by atoms with E-state index in [1.54, 1.807) is 12.2 Å². The van der Waals surface area contributed by atoms with Gasteiger partial charge in [0.05, 0.1) is 0 Å². The molecule has 1 N–H and O–H groups in total. The predicted molar refractivity (Wildman–Crippen MR) is 86.7 cm³/mol. The minimum atomic E-state index is 0.290. The first-order valence-electron chi connectivity index (χ1n) is 6.52. The van der Waals surface area contributed by atoms with Crippen molar-refractivity contribution in [1.29, 1.82) is 0 Å². The van der Waals surface area contributed by atoms with Crippen molar-refractivity contribution in [3.05, 3.63) is 85.0 Å². The molecule has 0 saturated carbocycles. The van der Waals surface area contributed by atoms with Crippen molar-refractivity contribution in [2.75, 3.05) is 0 Å². The zero-order valence-corrected chi connectivity index (χ0v) is 11.6. The van der Waals surface area contributed by atoms with E-state index in [2.05, 4.69) is 25.3 Å². The average Bonchev–Trinajstić information content (AvgIpc) is 2.48. The summed E-state index contributed by atoms with van der Waals surface area (Å²) in [5.41, 5.74) is 4.68. The molecule has 0 unspecified atom stereocenters. The van der Waals surface area contributed by atoms with E-state index in [0.29, 0.717) is 0 Å². The van der Waals surface area contributed by atoms with Crippen LogP contribution < -0.4 is 0 Å². The maximum absolute atomic E-state index is 10.3. The van der Waals surface area contributed by atoms with Crippen LogP contribution in [0.1, 0.15) is 11.1 Å². The van der Waals surface area contributed by atoms with Gasteiger partial charge in [-0.15, -0.1) is 0 Å². The van der Waals surface area contributed by atoms with Crippen LogP contribution in [-0.4, -0.2) is 5.11 Å². The standard InChI is InChI=1S/C19H18O/c1-4-9-15(5-2)18-13-17(12-14(3)19(18)20)16-10-7-6-8-11-16/h4-13,20H,1-2H2,3H3/b15-9+. The van der Waals surface area contributed by atoms with Gasteiger partial charge < -0.3 is 5.11 Å². The summed E-state index contributed by atoms with van der Waals surface area (Å²) in [5, 5.41) is 10.3. The lowest BCUT2D eigenvalue weighted by atomic mass is 9.95. The van der Waals surface area contributed by atoms with Crippen molar-refractivity contribution in [2.24, 2.45) is 0 Å². The number of hydrogen-bond donors (Lipinski definition) is 1. The lowest BCUT2D eigenvalue weighted by Crippen LogP contribution is -1.89. The monoisotopic (exact) mass is 262 g/mol. The van der Waals surface area contributed by atoms with Gasteiger partial charge in [0.25, 0.3) is 0 Å². The van der Waals surface area contributed by atoms with E-state index in [0.717, 1.165) is 27.8 Å². The molecule has 2 aromatic carbocycles. The molecule has 0 saturated heterocycles. The molecule has 2 rings (SSSR count). The fourth-order valence-electron chi connectivity index (χ4n) is 2.19. The van der Waals surface area contributed by atoms with E-state index < -0.39 is 0 Å². The molecule has 0 fully saturated rings. The fraction of sp³-hybridized carbons (Fsp3) is 0.0526. The maximum Gasteiger partial charge on any atom is 0.126 e. The fourth-order valence-corrected chi connectivity index (χ4v) is 2.19. The Morgan fingerprint density at radius 2 is 1.75 bits per heavy atom. The first kappa shape index (κ1) is 13.9. The van der Waals surface area contributed by atoms with Gasteiger partial charge in [0, 0.05) is 5.56 Å². The molecule has 100 valence electrons. The van der Waals surface area contributed by atoms with E-state index >= 15 is 0 Å². The third kappa shape index (κ3) is 2.72. The summed E-state index contributed by atoms with van der Waals surface area (Å²) in [6.07, 6.45) is 5.27. The lowest BCUT2D eigenvalue weighted by molar-refractivity contribution is 0.469. The highest BCUT2D eigenvalue weighted by atomic mass is 16.3. The SMILES string of the molecule is C=C/C=C(\C=C)c1cc(-c2ccccc2)cc(C)c1O. The number of benzene rings is 2. The van der Waals surface area contributed by atoms with Gasteiger partial charge in [-0.2, -0.15) is 0 Å². The Kier molecular flexibility index (Phi) is 4.21. The Morgan fingerprint density at radius 1 is 1.05 bits per heavy atom. The first-order valence-corrected chi connectivity index (χ1v) is 6.52. The van der Waals surface area contributed by atoms with Crippen molar-refractivity contribution in [3.8, 4) is 16.9 Å². The summed E-state index contributed by atoms with van der Waals surface area (Å²) in [4.78, 5) is 0. The number of aryl methyl sites for hydroxylation is 1. The van der Waals surface area contributed by atoms with Crippen LogP contribution in [0.15, 0.2) is 73.9 Å². The Morgan fingerprint density at radius 3 is 2.35 bits per heavy atom.